The van der Waals surface area contributed by atoms with E-state index in [9.17, 15) is 0 Å². The van der Waals surface area contributed by atoms with Crippen molar-refractivity contribution in [3.63, 3.8) is 0 Å². The Morgan fingerprint density at radius 1 is 1.33 bits per heavy atom. The highest BCUT2D eigenvalue weighted by molar-refractivity contribution is 5.29. The van der Waals surface area contributed by atoms with Crippen LogP contribution in [0.2, 0.25) is 0 Å². The lowest BCUT2D eigenvalue weighted by molar-refractivity contribution is 0.131. The van der Waals surface area contributed by atoms with Gasteiger partial charge in [-0.3, -0.25) is 4.90 Å². The second kappa shape index (κ2) is 8.40. The summed E-state index contributed by atoms with van der Waals surface area (Å²) < 4.78 is 5.66. The lowest BCUT2D eigenvalue weighted by atomic mass is 9.95. The van der Waals surface area contributed by atoms with Crippen LogP contribution in [0, 0.1) is 5.92 Å². The molecule has 0 radical (unpaired) electrons. The number of piperidine rings is 1. The highest BCUT2D eigenvalue weighted by Gasteiger charge is 2.23. The molecule has 0 aromatic heterocycles. The minimum Gasteiger partial charge on any atom is -0.494 e. The van der Waals surface area contributed by atoms with Crippen LogP contribution in [0.25, 0.3) is 0 Å². The summed E-state index contributed by atoms with van der Waals surface area (Å²) >= 11 is 0. The summed E-state index contributed by atoms with van der Waals surface area (Å²) in [6, 6.07) is 9.15. The third-order valence-corrected chi connectivity index (χ3v) is 4.43. The first-order chi connectivity index (χ1) is 10.2. The zero-order valence-corrected chi connectivity index (χ0v) is 13.8. The summed E-state index contributed by atoms with van der Waals surface area (Å²) in [7, 11) is 2.05. The van der Waals surface area contributed by atoms with Crippen LogP contribution < -0.4 is 10.1 Å². The molecule has 1 aliphatic rings. The summed E-state index contributed by atoms with van der Waals surface area (Å²) in [5.41, 5.74) is 1.39. The van der Waals surface area contributed by atoms with Gasteiger partial charge in [0.25, 0.3) is 0 Å². The van der Waals surface area contributed by atoms with Crippen LogP contribution >= 0.6 is 0 Å². The molecule has 0 bridgehead atoms. The number of likely N-dealkylation sites (tertiary alicyclic amines) is 1. The van der Waals surface area contributed by atoms with Crippen molar-refractivity contribution < 1.29 is 4.74 Å². The lowest BCUT2D eigenvalue weighted by Crippen LogP contribution is -2.40. The maximum atomic E-state index is 5.66. The first kappa shape index (κ1) is 16.3. The molecule has 3 nitrogen and oxygen atoms in total. The molecule has 3 heteroatoms. The number of nitrogens with zero attached hydrogens (tertiary/aromatic N) is 1. The fourth-order valence-corrected chi connectivity index (χ4v) is 3.18. The predicted octanol–water partition coefficient (Wildman–Crippen LogP) is 3.47. The molecule has 2 unspecified atom stereocenters. The van der Waals surface area contributed by atoms with E-state index in [1.807, 2.05) is 0 Å². The number of nitrogens with one attached hydrogen (secondary N) is 1. The fourth-order valence-electron chi connectivity index (χ4n) is 3.18. The van der Waals surface area contributed by atoms with Crippen molar-refractivity contribution in [2.75, 3.05) is 33.3 Å². The highest BCUT2D eigenvalue weighted by atomic mass is 16.5. The molecule has 0 spiro atoms. The Bertz CT molecular complexity index is 402. The lowest BCUT2D eigenvalue weighted by Gasteiger charge is -2.37. The van der Waals surface area contributed by atoms with Crippen molar-refractivity contribution in [1.82, 2.24) is 10.2 Å². The normalized spacial score (nSPS) is 21.2. The van der Waals surface area contributed by atoms with E-state index in [0.29, 0.717) is 6.04 Å². The average molecular weight is 290 g/mol. The summed E-state index contributed by atoms with van der Waals surface area (Å²) in [6.45, 7) is 8.81. The number of hydrogen-bond acceptors (Lipinski definition) is 3. The Morgan fingerprint density at radius 2 is 2.10 bits per heavy atom. The van der Waals surface area contributed by atoms with Crippen molar-refractivity contribution in [1.29, 1.82) is 0 Å². The van der Waals surface area contributed by atoms with Gasteiger partial charge in [-0.25, -0.2) is 0 Å². The van der Waals surface area contributed by atoms with Gasteiger partial charge in [-0.2, -0.15) is 0 Å². The molecular formula is C18H30N2O. The van der Waals surface area contributed by atoms with Gasteiger partial charge in [0.15, 0.2) is 0 Å². The first-order valence-corrected chi connectivity index (χ1v) is 8.36. The average Bonchev–Trinajstić information content (AvgIpc) is 2.53. The number of hydrogen-bond donors (Lipinski definition) is 1. The molecule has 1 saturated heterocycles. The van der Waals surface area contributed by atoms with Gasteiger partial charge in [0.2, 0.25) is 0 Å². The first-order valence-electron chi connectivity index (χ1n) is 8.36. The zero-order valence-electron chi connectivity index (χ0n) is 13.8. The monoisotopic (exact) mass is 290 g/mol. The third kappa shape index (κ3) is 4.72. The van der Waals surface area contributed by atoms with E-state index in [-0.39, 0.29) is 0 Å². The number of benzene rings is 1. The molecule has 1 N–H and O–H groups in total. The van der Waals surface area contributed by atoms with E-state index in [1.54, 1.807) is 0 Å². The standard InChI is InChI=1S/C18H30N2O/c1-4-12-21-18-9-7-17(8-10-18)15(2)20-11-5-6-16(14-20)13-19-3/h7-10,15-16,19H,4-6,11-14H2,1-3H3. The van der Waals surface area contributed by atoms with E-state index >= 15 is 0 Å². The molecule has 1 aromatic carbocycles. The Labute approximate surface area is 129 Å². The van der Waals surface area contributed by atoms with Crippen molar-refractivity contribution in [2.45, 2.75) is 39.2 Å². The van der Waals surface area contributed by atoms with Crippen LogP contribution in [0.5, 0.6) is 5.75 Å². The fraction of sp³-hybridized carbons (Fsp3) is 0.667. The van der Waals surface area contributed by atoms with E-state index < -0.39 is 0 Å². The Balaban J connectivity index is 1.93. The molecule has 0 aliphatic carbocycles. The maximum absolute atomic E-state index is 5.66. The van der Waals surface area contributed by atoms with Crippen LogP contribution in [0.3, 0.4) is 0 Å². The van der Waals surface area contributed by atoms with Crippen molar-refractivity contribution >= 4 is 0 Å². The van der Waals surface area contributed by atoms with Gasteiger partial charge in [-0.15, -0.1) is 0 Å². The smallest absolute Gasteiger partial charge is 0.119 e. The third-order valence-electron chi connectivity index (χ3n) is 4.43. The molecule has 2 rings (SSSR count). The largest absolute Gasteiger partial charge is 0.494 e. The van der Waals surface area contributed by atoms with Gasteiger partial charge < -0.3 is 10.1 Å². The van der Waals surface area contributed by atoms with Gasteiger partial charge in [0.1, 0.15) is 5.75 Å². The van der Waals surface area contributed by atoms with Gasteiger partial charge in [0.05, 0.1) is 6.61 Å². The van der Waals surface area contributed by atoms with Crippen LogP contribution in [0.15, 0.2) is 24.3 Å². The van der Waals surface area contributed by atoms with Gasteiger partial charge in [-0.1, -0.05) is 19.1 Å². The minimum absolute atomic E-state index is 0.491. The van der Waals surface area contributed by atoms with Gasteiger partial charge >= 0.3 is 0 Å². The van der Waals surface area contributed by atoms with Crippen LogP contribution in [-0.2, 0) is 0 Å². The van der Waals surface area contributed by atoms with Crippen LogP contribution in [0.1, 0.15) is 44.7 Å². The molecule has 1 aliphatic heterocycles. The molecule has 0 saturated carbocycles. The Morgan fingerprint density at radius 3 is 2.76 bits per heavy atom. The van der Waals surface area contributed by atoms with Crippen molar-refractivity contribution in [3.8, 4) is 5.75 Å². The van der Waals surface area contributed by atoms with Crippen molar-refractivity contribution in [2.24, 2.45) is 5.92 Å². The van der Waals surface area contributed by atoms with Crippen LogP contribution in [-0.4, -0.2) is 38.2 Å². The summed E-state index contributed by atoms with van der Waals surface area (Å²) in [5.74, 6) is 1.78. The second-order valence-electron chi connectivity index (χ2n) is 6.15. The molecule has 0 amide bonds. The number of ether oxygens (including phenoxy) is 1. The summed E-state index contributed by atoms with van der Waals surface area (Å²) in [4.78, 5) is 2.62. The molecule has 21 heavy (non-hydrogen) atoms. The van der Waals surface area contributed by atoms with Crippen molar-refractivity contribution in [3.05, 3.63) is 29.8 Å². The second-order valence-corrected chi connectivity index (χ2v) is 6.15. The molecule has 118 valence electrons. The molecule has 2 atom stereocenters. The minimum atomic E-state index is 0.491. The quantitative estimate of drug-likeness (QED) is 0.832. The molecular weight excluding hydrogens is 260 g/mol. The van der Waals surface area contributed by atoms with Gasteiger partial charge in [-0.05, 0) is 69.9 Å². The maximum Gasteiger partial charge on any atom is 0.119 e. The van der Waals surface area contributed by atoms with E-state index in [2.05, 4.69) is 55.4 Å². The Kier molecular flexibility index (Phi) is 6.52. The predicted molar refractivity (Wildman–Crippen MR) is 88.9 cm³/mol. The van der Waals surface area contributed by atoms with E-state index in [4.69, 9.17) is 4.74 Å². The topological polar surface area (TPSA) is 24.5 Å². The molecule has 1 fully saturated rings. The Hall–Kier alpha value is -1.06. The summed E-state index contributed by atoms with van der Waals surface area (Å²) in [5, 5.41) is 3.32. The van der Waals surface area contributed by atoms with E-state index in [0.717, 1.165) is 31.2 Å². The molecule has 1 heterocycles. The SMILES string of the molecule is CCCOc1ccc(C(C)N2CCCC(CNC)C2)cc1. The van der Waals surface area contributed by atoms with E-state index in [1.165, 1.54) is 31.5 Å². The zero-order chi connectivity index (χ0) is 15.1. The van der Waals surface area contributed by atoms with Gasteiger partial charge in [0, 0.05) is 12.6 Å². The highest BCUT2D eigenvalue weighted by Crippen LogP contribution is 2.27. The number of rotatable bonds is 7. The van der Waals surface area contributed by atoms with Crippen LogP contribution in [0.4, 0.5) is 0 Å². The molecule has 1 aromatic rings. The summed E-state index contributed by atoms with van der Waals surface area (Å²) in [6.07, 6.45) is 3.72.